The molecule has 94 heavy (non-hydrogen) atoms. The average molecular weight is 1290 g/mol. The second-order valence-corrected chi connectivity index (χ2v) is 22.9. The maximum atomic E-state index is 13.4. The number of nitrogens with one attached hydrogen (secondary N) is 9. The van der Waals surface area contributed by atoms with E-state index >= 15 is 0 Å². The van der Waals surface area contributed by atoms with Crippen molar-refractivity contribution in [2.45, 2.75) is 51.0 Å². The molecule has 0 aliphatic carbocycles. The van der Waals surface area contributed by atoms with E-state index in [0.717, 1.165) is 25.8 Å². The fourth-order valence-electron chi connectivity index (χ4n) is 10.6. The van der Waals surface area contributed by atoms with Gasteiger partial charge in [0.05, 0.1) is 53.8 Å². The van der Waals surface area contributed by atoms with Crippen LogP contribution in [0.4, 0.5) is 40.1 Å². The van der Waals surface area contributed by atoms with Crippen molar-refractivity contribution in [2.75, 3.05) is 92.4 Å². The van der Waals surface area contributed by atoms with Crippen molar-refractivity contribution >= 4 is 105 Å². The number of hydrogen-bond donors (Lipinski definition) is 9. The molecule has 9 N–H and O–H groups in total. The lowest BCUT2D eigenvalue weighted by atomic mass is 10.1. The van der Waals surface area contributed by atoms with Gasteiger partial charge < -0.3 is 94.5 Å². The van der Waals surface area contributed by atoms with Gasteiger partial charge in [-0.05, 0) is 76.7 Å². The SMILES string of the molecule is COc1cc2c(cc1OCCCC(=O)Nc1cc(C(=O)Nc3cc(C(=O)NCCC(=O)Nc4cn(C)c(C(=O)Nc5cc(C(=O)NCCC(=O)Nc6cc(C(=O)Nc7cn(C)c(C(=O)NCCCN(C)C)n7)n(C)c6)n(C)c5)n4)n(C)c3)n(C)c1)N=C[C@@H]1CCCN1C2=O. The number of carbonyl (C=O) groups is 10. The number of aryl methyl sites for hydroxylation is 6. The van der Waals surface area contributed by atoms with Crippen LogP contribution in [0.3, 0.4) is 0 Å². The molecule has 1 fully saturated rings. The lowest BCUT2D eigenvalue weighted by Gasteiger charge is -2.20. The summed E-state index contributed by atoms with van der Waals surface area (Å²) < 4.78 is 20.5. The standard InChI is InChI=1S/C62H76N20O12/c1-75(2)20-12-17-63-60(90)54-73-50(35-80(54)7)74-59(89)46-24-37(31-79(46)6)68-52(84)15-18-64-57(87)44-26-39(33-77(44)4)70-61(91)55-72-49(34-81(55)8)71-53(85)16-19-65-56(86)43-25-38(32-76(43)3)69-58(88)45-23-36(30-78(45)5)67-51(83)14-11-22-94-48-28-42-41(27-47(48)93-9)62(92)82-21-10-13-40(82)29-66-42/h23-35,40H,10-22H2,1-9H3,(H,63,90)(H,64,87)(H,65,86)(H,67,83)(H,68,84)(H,69,88)(H,70,91)(H,71,85)(H,74,89)/t40-/m0/s1. The minimum atomic E-state index is -0.647. The van der Waals surface area contributed by atoms with E-state index in [0.29, 0.717) is 59.3 Å². The molecule has 10 amide bonds. The van der Waals surface area contributed by atoms with Crippen LogP contribution in [0, 0.1) is 0 Å². The summed E-state index contributed by atoms with van der Waals surface area (Å²) in [5.74, 6) is -3.35. The topological polar surface area (TPSA) is 372 Å². The summed E-state index contributed by atoms with van der Waals surface area (Å²) in [6.07, 6.45) is 13.7. The minimum absolute atomic E-state index is 0.0367. The molecular formula is C62H76N20O12. The third-order valence-electron chi connectivity index (χ3n) is 15.3. The molecule has 6 aromatic heterocycles. The third-order valence-corrected chi connectivity index (χ3v) is 15.3. The van der Waals surface area contributed by atoms with Crippen LogP contribution in [0.5, 0.6) is 11.5 Å². The molecule has 0 spiro atoms. The molecule has 32 nitrogen and oxygen atoms in total. The Morgan fingerprint density at radius 2 is 1.00 bits per heavy atom. The number of ether oxygens (including phenoxy) is 2. The van der Waals surface area contributed by atoms with Crippen LogP contribution in [-0.4, -0.2) is 179 Å². The van der Waals surface area contributed by atoms with Gasteiger partial charge in [-0.1, -0.05) is 0 Å². The van der Waals surface area contributed by atoms with E-state index in [1.165, 1.54) is 72.8 Å². The summed E-state index contributed by atoms with van der Waals surface area (Å²) in [4.78, 5) is 148. The quantitative estimate of drug-likeness (QED) is 0.0317. The summed E-state index contributed by atoms with van der Waals surface area (Å²) in [5, 5.41) is 24.5. The van der Waals surface area contributed by atoms with Crippen LogP contribution >= 0.6 is 0 Å². The molecule has 8 heterocycles. The molecule has 9 rings (SSSR count). The maximum absolute atomic E-state index is 13.4. The fraction of sp³-hybridized carbons (Fsp3) is 0.371. The zero-order chi connectivity index (χ0) is 67.5. The molecule has 2 aliphatic rings. The number of carbonyl (C=O) groups excluding carboxylic acids is 10. The number of imidazole rings is 2. The van der Waals surface area contributed by atoms with E-state index in [1.807, 2.05) is 23.9 Å². The first kappa shape index (κ1) is 67.1. The predicted molar refractivity (Wildman–Crippen MR) is 347 cm³/mol. The van der Waals surface area contributed by atoms with Crippen molar-refractivity contribution in [3.05, 3.63) is 114 Å². The molecule has 1 saturated heterocycles. The van der Waals surface area contributed by atoms with Crippen molar-refractivity contribution in [3.8, 4) is 11.5 Å². The van der Waals surface area contributed by atoms with Crippen LogP contribution in [0.15, 0.2) is 78.6 Å². The zero-order valence-electron chi connectivity index (χ0n) is 53.6. The summed E-state index contributed by atoms with van der Waals surface area (Å²) in [6.45, 7) is 2.00. The van der Waals surface area contributed by atoms with Gasteiger partial charge in [-0.15, -0.1) is 0 Å². The highest BCUT2D eigenvalue weighted by molar-refractivity contribution is 6.08. The van der Waals surface area contributed by atoms with Crippen molar-refractivity contribution in [1.29, 1.82) is 0 Å². The summed E-state index contributed by atoms with van der Waals surface area (Å²) in [7, 11) is 15.1. The van der Waals surface area contributed by atoms with Gasteiger partial charge in [0.2, 0.25) is 29.4 Å². The molecule has 0 radical (unpaired) electrons. The minimum Gasteiger partial charge on any atom is -0.493 e. The number of hydrogen-bond acceptors (Lipinski definition) is 16. The van der Waals surface area contributed by atoms with Crippen LogP contribution in [-0.2, 0) is 56.7 Å². The van der Waals surface area contributed by atoms with Gasteiger partial charge in [0, 0.05) is 137 Å². The predicted octanol–water partition coefficient (Wildman–Crippen LogP) is 3.59. The first-order valence-electron chi connectivity index (χ1n) is 30.2. The number of anilines is 6. The number of methoxy groups -OCH3 is 1. The Labute approximate surface area is 539 Å². The molecule has 496 valence electrons. The van der Waals surface area contributed by atoms with E-state index in [4.69, 9.17) is 9.47 Å². The van der Waals surface area contributed by atoms with E-state index < -0.39 is 41.4 Å². The summed E-state index contributed by atoms with van der Waals surface area (Å²) in [5.41, 5.74) is 3.04. The number of benzene rings is 1. The van der Waals surface area contributed by atoms with Gasteiger partial charge in [0.25, 0.3) is 41.4 Å². The van der Waals surface area contributed by atoms with Gasteiger partial charge in [-0.2, -0.15) is 0 Å². The number of fused-ring (bicyclic) bond motifs is 2. The first-order chi connectivity index (χ1) is 44.9. The van der Waals surface area contributed by atoms with Gasteiger partial charge in [-0.3, -0.25) is 52.9 Å². The molecule has 32 heteroatoms. The van der Waals surface area contributed by atoms with E-state index in [2.05, 4.69) is 62.8 Å². The van der Waals surface area contributed by atoms with Crippen molar-refractivity contribution in [2.24, 2.45) is 47.3 Å². The van der Waals surface area contributed by atoms with Crippen molar-refractivity contribution in [1.82, 2.24) is 63.1 Å². The number of rotatable bonds is 28. The fourth-order valence-corrected chi connectivity index (χ4v) is 10.6. The Morgan fingerprint density at radius 3 is 1.55 bits per heavy atom. The lowest BCUT2D eigenvalue weighted by molar-refractivity contribution is -0.117. The number of aromatic nitrogens is 8. The Balaban J connectivity index is 0.662. The number of aliphatic imine (C=N–C) groups is 1. The number of nitrogens with zero attached hydrogens (tertiary/aromatic N) is 11. The van der Waals surface area contributed by atoms with Gasteiger partial charge >= 0.3 is 0 Å². The smallest absolute Gasteiger partial charge is 0.291 e. The van der Waals surface area contributed by atoms with E-state index in [9.17, 15) is 47.9 Å². The Hall–Kier alpha value is -11.3. The molecule has 0 bridgehead atoms. The highest BCUT2D eigenvalue weighted by Gasteiger charge is 2.33. The molecule has 0 unspecified atom stereocenters. The van der Waals surface area contributed by atoms with Crippen molar-refractivity contribution in [3.63, 3.8) is 0 Å². The molecule has 1 aromatic carbocycles. The normalized spacial score (nSPS) is 13.1. The summed E-state index contributed by atoms with van der Waals surface area (Å²) >= 11 is 0. The van der Waals surface area contributed by atoms with Crippen LogP contribution in [0.1, 0.15) is 118 Å². The lowest BCUT2D eigenvalue weighted by Crippen LogP contribution is -2.35. The highest BCUT2D eigenvalue weighted by atomic mass is 16.5. The van der Waals surface area contributed by atoms with Gasteiger partial charge in [-0.25, -0.2) is 9.97 Å². The molecule has 7 aromatic rings. The van der Waals surface area contributed by atoms with Gasteiger partial charge in [0.1, 0.15) is 22.8 Å². The van der Waals surface area contributed by atoms with Crippen LogP contribution in [0.2, 0.25) is 0 Å². The van der Waals surface area contributed by atoms with E-state index in [-0.39, 0.29) is 114 Å². The second-order valence-electron chi connectivity index (χ2n) is 22.9. The second kappa shape index (κ2) is 29.8. The Bertz CT molecular complexity index is 4100. The number of amides is 10. The Kier molecular flexibility index (Phi) is 21.2. The van der Waals surface area contributed by atoms with Crippen LogP contribution in [0.25, 0.3) is 0 Å². The van der Waals surface area contributed by atoms with Gasteiger partial charge in [0.15, 0.2) is 23.1 Å². The first-order valence-corrected chi connectivity index (χ1v) is 30.2. The average Bonchev–Trinajstić information content (AvgIpc) is 1.56. The third kappa shape index (κ3) is 16.6. The molecule has 1 atom stereocenters. The largest absolute Gasteiger partial charge is 0.493 e. The molecular weight excluding hydrogens is 1220 g/mol. The van der Waals surface area contributed by atoms with Crippen molar-refractivity contribution < 1.29 is 57.4 Å². The monoisotopic (exact) mass is 1290 g/mol. The highest BCUT2D eigenvalue weighted by Crippen LogP contribution is 2.38. The zero-order valence-corrected chi connectivity index (χ0v) is 53.6. The Morgan fingerprint density at radius 1 is 0.521 bits per heavy atom. The molecule has 0 saturated carbocycles. The van der Waals surface area contributed by atoms with Crippen LogP contribution < -0.4 is 57.3 Å². The van der Waals surface area contributed by atoms with E-state index in [1.54, 1.807) is 83.8 Å². The molecule has 2 aliphatic heterocycles. The maximum Gasteiger partial charge on any atom is 0.291 e. The summed E-state index contributed by atoms with van der Waals surface area (Å²) in [6, 6.07) is 9.20.